The van der Waals surface area contributed by atoms with Crippen LogP contribution in [0.2, 0.25) is 5.02 Å². The number of nitrogens with two attached hydrogens (primary N) is 1. The van der Waals surface area contributed by atoms with Crippen LogP contribution in [0.15, 0.2) is 24.4 Å². The van der Waals surface area contributed by atoms with E-state index in [1.807, 2.05) is 6.92 Å². The van der Waals surface area contributed by atoms with Gasteiger partial charge in [0.15, 0.2) is 5.13 Å². The Hall–Kier alpha value is -1.87. The molecule has 6 heteroatoms. The maximum Gasteiger partial charge on any atom is 0.257 e. The zero-order chi connectivity index (χ0) is 14.5. The van der Waals surface area contributed by atoms with E-state index in [-0.39, 0.29) is 5.91 Å². The zero-order valence-electron chi connectivity index (χ0n) is 10.7. The predicted octanol–water partition coefficient (Wildman–Crippen LogP) is 2.67. The molecule has 102 valence electrons. The van der Waals surface area contributed by atoms with Crippen molar-refractivity contribution in [2.75, 3.05) is 11.9 Å². The van der Waals surface area contributed by atoms with Gasteiger partial charge in [-0.1, -0.05) is 34.8 Å². The summed E-state index contributed by atoms with van der Waals surface area (Å²) in [4.78, 5) is 16.9. The van der Waals surface area contributed by atoms with Crippen molar-refractivity contribution in [2.24, 2.45) is 5.73 Å². The molecule has 1 aromatic heterocycles. The Morgan fingerprint density at radius 3 is 3.05 bits per heavy atom. The molecule has 0 aliphatic carbocycles. The minimum Gasteiger partial charge on any atom is -0.320 e. The number of nitrogens with zero attached hydrogens (tertiary/aromatic N) is 1. The average molecular weight is 306 g/mol. The Kier molecular flexibility index (Phi) is 4.74. The molecule has 0 aliphatic heterocycles. The van der Waals surface area contributed by atoms with Crippen LogP contribution in [0.3, 0.4) is 0 Å². The van der Waals surface area contributed by atoms with Gasteiger partial charge in [-0.25, -0.2) is 4.98 Å². The summed E-state index contributed by atoms with van der Waals surface area (Å²) in [6, 6.07) is 5.11. The minimum absolute atomic E-state index is 0.225. The van der Waals surface area contributed by atoms with E-state index in [0.717, 1.165) is 10.4 Å². The van der Waals surface area contributed by atoms with Crippen LogP contribution in [-0.2, 0) is 0 Å². The summed E-state index contributed by atoms with van der Waals surface area (Å²) in [7, 11) is 0. The molecular formula is C14H12ClN3OS. The summed E-state index contributed by atoms with van der Waals surface area (Å²) >= 11 is 7.23. The monoisotopic (exact) mass is 305 g/mol. The fourth-order valence-corrected chi connectivity index (χ4v) is 2.29. The normalized spacial score (nSPS) is 9.75. The molecule has 3 N–H and O–H groups in total. The number of hydrogen-bond donors (Lipinski definition) is 2. The smallest absolute Gasteiger partial charge is 0.257 e. The molecule has 1 aromatic carbocycles. The lowest BCUT2D eigenvalue weighted by atomic mass is 10.1. The first-order valence-electron chi connectivity index (χ1n) is 5.82. The van der Waals surface area contributed by atoms with E-state index >= 15 is 0 Å². The number of rotatable bonds is 2. The molecule has 0 saturated heterocycles. The first kappa shape index (κ1) is 14.5. The van der Waals surface area contributed by atoms with Crippen LogP contribution in [0.4, 0.5) is 5.13 Å². The topological polar surface area (TPSA) is 68.0 Å². The van der Waals surface area contributed by atoms with Gasteiger partial charge in [0.05, 0.1) is 17.6 Å². The third-order valence-electron chi connectivity index (χ3n) is 2.46. The highest BCUT2D eigenvalue weighted by Crippen LogP contribution is 2.20. The van der Waals surface area contributed by atoms with Gasteiger partial charge < -0.3 is 5.73 Å². The summed E-state index contributed by atoms with van der Waals surface area (Å²) in [5.41, 5.74) is 6.69. The Labute approximate surface area is 126 Å². The second kappa shape index (κ2) is 6.53. The SMILES string of the molecule is Cc1cc(C(=O)Nc2ncc(C#CCN)s2)ccc1Cl. The summed E-state index contributed by atoms with van der Waals surface area (Å²) in [5, 5.41) is 3.87. The number of nitrogens with one attached hydrogen (secondary N) is 1. The third-order valence-corrected chi connectivity index (χ3v) is 3.71. The van der Waals surface area contributed by atoms with E-state index in [4.69, 9.17) is 17.3 Å². The van der Waals surface area contributed by atoms with E-state index in [1.54, 1.807) is 24.4 Å². The molecule has 0 saturated carbocycles. The van der Waals surface area contributed by atoms with Crippen LogP contribution in [0.5, 0.6) is 0 Å². The standard InChI is InChI=1S/C14H12ClN3OS/c1-9-7-10(4-5-12(9)15)13(19)18-14-17-8-11(20-14)3-2-6-16/h4-5,7-8H,6,16H2,1H3,(H,17,18,19). The molecule has 1 amide bonds. The lowest BCUT2D eigenvalue weighted by Crippen LogP contribution is -2.11. The van der Waals surface area contributed by atoms with Gasteiger partial charge in [-0.3, -0.25) is 10.1 Å². The van der Waals surface area contributed by atoms with Gasteiger partial charge in [-0.05, 0) is 30.7 Å². The van der Waals surface area contributed by atoms with Crippen molar-refractivity contribution in [3.63, 3.8) is 0 Å². The van der Waals surface area contributed by atoms with Crippen LogP contribution in [0, 0.1) is 18.8 Å². The number of benzene rings is 1. The summed E-state index contributed by atoms with van der Waals surface area (Å²) < 4.78 is 0. The van der Waals surface area contributed by atoms with Crippen molar-refractivity contribution >= 4 is 34.0 Å². The van der Waals surface area contributed by atoms with Gasteiger partial charge >= 0.3 is 0 Å². The minimum atomic E-state index is -0.225. The summed E-state index contributed by atoms with van der Waals surface area (Å²) in [6.45, 7) is 2.15. The highest BCUT2D eigenvalue weighted by Gasteiger charge is 2.09. The molecular weight excluding hydrogens is 294 g/mol. The lowest BCUT2D eigenvalue weighted by Gasteiger charge is -2.03. The quantitative estimate of drug-likeness (QED) is 0.838. The van der Waals surface area contributed by atoms with E-state index in [2.05, 4.69) is 22.1 Å². The number of carbonyl (C=O) groups excluding carboxylic acids is 1. The second-order valence-electron chi connectivity index (χ2n) is 3.95. The number of aromatic nitrogens is 1. The van der Waals surface area contributed by atoms with Crippen molar-refractivity contribution in [3.8, 4) is 11.8 Å². The molecule has 2 aromatic rings. The Morgan fingerprint density at radius 1 is 1.55 bits per heavy atom. The van der Waals surface area contributed by atoms with Gasteiger partial charge in [0.2, 0.25) is 0 Å². The van der Waals surface area contributed by atoms with Gasteiger partial charge in [0.1, 0.15) is 0 Å². The maximum absolute atomic E-state index is 12.1. The largest absolute Gasteiger partial charge is 0.320 e. The van der Waals surface area contributed by atoms with E-state index in [0.29, 0.717) is 22.3 Å². The number of hydrogen-bond acceptors (Lipinski definition) is 4. The first-order chi connectivity index (χ1) is 9.60. The Morgan fingerprint density at radius 2 is 2.35 bits per heavy atom. The molecule has 0 aliphatic rings. The first-order valence-corrected chi connectivity index (χ1v) is 7.02. The number of amides is 1. The predicted molar refractivity (Wildman–Crippen MR) is 82.2 cm³/mol. The molecule has 0 atom stereocenters. The average Bonchev–Trinajstić information content (AvgIpc) is 2.87. The molecule has 0 unspecified atom stereocenters. The van der Waals surface area contributed by atoms with Crippen LogP contribution in [-0.4, -0.2) is 17.4 Å². The number of anilines is 1. The van der Waals surface area contributed by atoms with Crippen LogP contribution in [0.1, 0.15) is 20.8 Å². The molecule has 20 heavy (non-hydrogen) atoms. The Balaban J connectivity index is 2.11. The molecule has 4 nitrogen and oxygen atoms in total. The number of halogens is 1. The van der Waals surface area contributed by atoms with Crippen LogP contribution >= 0.6 is 22.9 Å². The van der Waals surface area contributed by atoms with Crippen molar-refractivity contribution in [2.45, 2.75) is 6.92 Å². The fraction of sp³-hybridized carbons (Fsp3) is 0.143. The maximum atomic E-state index is 12.1. The summed E-state index contributed by atoms with van der Waals surface area (Å²) in [6.07, 6.45) is 1.61. The second-order valence-corrected chi connectivity index (χ2v) is 5.39. The van der Waals surface area contributed by atoms with Crippen LogP contribution < -0.4 is 11.1 Å². The van der Waals surface area contributed by atoms with Crippen molar-refractivity contribution in [1.82, 2.24) is 4.98 Å². The highest BCUT2D eigenvalue weighted by atomic mass is 35.5. The third kappa shape index (κ3) is 3.58. The summed E-state index contributed by atoms with van der Waals surface area (Å²) in [5.74, 6) is 5.38. The highest BCUT2D eigenvalue weighted by molar-refractivity contribution is 7.16. The number of thiazole rings is 1. The van der Waals surface area contributed by atoms with Crippen molar-refractivity contribution in [3.05, 3.63) is 45.4 Å². The Bertz CT molecular complexity index is 700. The van der Waals surface area contributed by atoms with E-state index in [9.17, 15) is 4.79 Å². The van der Waals surface area contributed by atoms with Gasteiger partial charge in [-0.15, -0.1) is 0 Å². The zero-order valence-corrected chi connectivity index (χ0v) is 12.3. The molecule has 0 bridgehead atoms. The molecule has 0 radical (unpaired) electrons. The van der Waals surface area contributed by atoms with Crippen LogP contribution in [0.25, 0.3) is 0 Å². The van der Waals surface area contributed by atoms with Crippen molar-refractivity contribution in [1.29, 1.82) is 0 Å². The molecule has 0 fully saturated rings. The number of carbonyl (C=O) groups is 1. The molecule has 0 spiro atoms. The fourth-order valence-electron chi connectivity index (χ4n) is 1.48. The lowest BCUT2D eigenvalue weighted by molar-refractivity contribution is 0.102. The molecule has 2 rings (SSSR count). The molecule has 1 heterocycles. The number of aryl methyl sites for hydroxylation is 1. The van der Waals surface area contributed by atoms with Crippen molar-refractivity contribution < 1.29 is 4.79 Å². The van der Waals surface area contributed by atoms with Gasteiger partial charge in [-0.2, -0.15) is 0 Å². The van der Waals surface area contributed by atoms with Gasteiger partial charge in [0, 0.05) is 10.6 Å². The van der Waals surface area contributed by atoms with Gasteiger partial charge in [0.25, 0.3) is 5.91 Å². The van der Waals surface area contributed by atoms with E-state index < -0.39 is 0 Å². The van der Waals surface area contributed by atoms with E-state index in [1.165, 1.54) is 11.3 Å².